The Bertz CT molecular complexity index is 353. The van der Waals surface area contributed by atoms with Crippen LogP contribution in [0.1, 0.15) is 33.6 Å². The number of hydrogen-bond acceptors (Lipinski definition) is 2. The highest BCUT2D eigenvalue weighted by Gasteiger charge is 2.27. The molecule has 1 unspecified atom stereocenters. The van der Waals surface area contributed by atoms with Gasteiger partial charge in [0.1, 0.15) is 0 Å². The van der Waals surface area contributed by atoms with Crippen molar-refractivity contribution in [1.82, 2.24) is 5.32 Å². The van der Waals surface area contributed by atoms with Gasteiger partial charge in [-0.15, -0.1) is 0 Å². The van der Waals surface area contributed by atoms with Crippen LogP contribution in [-0.4, -0.2) is 11.7 Å². The fourth-order valence-electron chi connectivity index (χ4n) is 1.86. The maximum Gasteiger partial charge on any atom is 0.221 e. The molecular formula is C12H17NO2. The zero-order chi connectivity index (χ0) is 11.6. The highest BCUT2D eigenvalue weighted by Crippen LogP contribution is 2.34. The van der Waals surface area contributed by atoms with Crippen molar-refractivity contribution in [3.8, 4) is 0 Å². The summed E-state index contributed by atoms with van der Waals surface area (Å²) in [6, 6.07) is 0. The van der Waals surface area contributed by atoms with E-state index in [0.29, 0.717) is 12.3 Å². The van der Waals surface area contributed by atoms with Crippen molar-refractivity contribution in [1.29, 1.82) is 0 Å². The lowest BCUT2D eigenvalue weighted by Gasteiger charge is -2.08. The van der Waals surface area contributed by atoms with E-state index in [0.717, 1.165) is 23.3 Å². The molecule has 0 bridgehead atoms. The topological polar surface area (TPSA) is 46.2 Å². The zero-order valence-electron chi connectivity index (χ0n) is 9.52. The van der Waals surface area contributed by atoms with Gasteiger partial charge in [-0.2, -0.15) is 0 Å². The van der Waals surface area contributed by atoms with Crippen LogP contribution in [0, 0.1) is 5.92 Å². The summed E-state index contributed by atoms with van der Waals surface area (Å²) in [5.74, 6) is 0.222. The molecule has 82 valence electrons. The molecule has 0 saturated heterocycles. The minimum absolute atomic E-state index is 0.0440. The van der Waals surface area contributed by atoms with E-state index < -0.39 is 0 Å². The summed E-state index contributed by atoms with van der Waals surface area (Å²) in [4.78, 5) is 22.3. The van der Waals surface area contributed by atoms with Crippen LogP contribution in [-0.2, 0) is 9.59 Å². The molecule has 1 aliphatic rings. The van der Waals surface area contributed by atoms with Gasteiger partial charge < -0.3 is 5.32 Å². The van der Waals surface area contributed by atoms with Crippen LogP contribution in [0.25, 0.3) is 0 Å². The van der Waals surface area contributed by atoms with Gasteiger partial charge in [-0.25, -0.2) is 0 Å². The van der Waals surface area contributed by atoms with Crippen LogP contribution in [0.3, 0.4) is 0 Å². The lowest BCUT2D eigenvalue weighted by atomic mass is 9.97. The lowest BCUT2D eigenvalue weighted by molar-refractivity contribution is -0.118. The standard InChI is InChI=1S/C12H17NO2/c1-7(2)10-5-11(8(3)14)12(6-10)13-9(4)15/h10H,1,5-6H2,2-4H3,(H,13,15). The molecule has 1 atom stereocenters. The van der Waals surface area contributed by atoms with E-state index in [1.165, 1.54) is 13.8 Å². The molecule has 1 aliphatic carbocycles. The molecule has 15 heavy (non-hydrogen) atoms. The van der Waals surface area contributed by atoms with Gasteiger partial charge >= 0.3 is 0 Å². The first-order valence-electron chi connectivity index (χ1n) is 5.07. The van der Waals surface area contributed by atoms with Crippen molar-refractivity contribution in [3.63, 3.8) is 0 Å². The molecule has 1 rings (SSSR count). The largest absolute Gasteiger partial charge is 0.330 e. The Morgan fingerprint density at radius 1 is 1.27 bits per heavy atom. The average molecular weight is 207 g/mol. The number of hydrogen-bond donors (Lipinski definition) is 1. The Kier molecular flexibility index (Phi) is 3.45. The van der Waals surface area contributed by atoms with Crippen LogP contribution < -0.4 is 5.32 Å². The molecule has 0 aliphatic heterocycles. The van der Waals surface area contributed by atoms with E-state index >= 15 is 0 Å². The third-order valence-electron chi connectivity index (χ3n) is 2.71. The number of ketones is 1. The Labute approximate surface area is 90.2 Å². The maximum atomic E-state index is 11.4. The number of Topliss-reactive ketones (excluding diaryl/α,β-unsaturated/α-hetero) is 1. The molecule has 0 heterocycles. The molecule has 0 saturated carbocycles. The second kappa shape index (κ2) is 4.43. The maximum absolute atomic E-state index is 11.4. The molecule has 1 N–H and O–H groups in total. The predicted octanol–water partition coefficient (Wildman–Crippen LogP) is 1.95. The summed E-state index contributed by atoms with van der Waals surface area (Å²) in [7, 11) is 0. The lowest BCUT2D eigenvalue weighted by Crippen LogP contribution is -2.20. The third-order valence-corrected chi connectivity index (χ3v) is 2.71. The van der Waals surface area contributed by atoms with Crippen molar-refractivity contribution in [2.75, 3.05) is 0 Å². The van der Waals surface area contributed by atoms with Crippen LogP contribution in [0.4, 0.5) is 0 Å². The molecule has 3 nitrogen and oxygen atoms in total. The SMILES string of the molecule is C=C(C)C1CC(NC(C)=O)=C(C(C)=O)C1. The van der Waals surface area contributed by atoms with Crippen LogP contribution in [0.5, 0.6) is 0 Å². The Balaban J connectivity index is 2.86. The number of amides is 1. The fourth-order valence-corrected chi connectivity index (χ4v) is 1.86. The summed E-state index contributed by atoms with van der Waals surface area (Å²) >= 11 is 0. The zero-order valence-corrected chi connectivity index (χ0v) is 9.52. The van der Waals surface area contributed by atoms with Gasteiger partial charge in [0, 0.05) is 18.2 Å². The Morgan fingerprint density at radius 3 is 2.27 bits per heavy atom. The second-order valence-electron chi connectivity index (χ2n) is 4.15. The van der Waals surface area contributed by atoms with Gasteiger partial charge in [0.05, 0.1) is 0 Å². The van der Waals surface area contributed by atoms with Crippen molar-refractivity contribution in [3.05, 3.63) is 23.4 Å². The molecule has 0 aromatic heterocycles. The Morgan fingerprint density at radius 2 is 1.87 bits per heavy atom. The van der Waals surface area contributed by atoms with Crippen LogP contribution in [0.2, 0.25) is 0 Å². The van der Waals surface area contributed by atoms with E-state index in [9.17, 15) is 9.59 Å². The number of allylic oxidation sites excluding steroid dienone is 3. The van der Waals surface area contributed by atoms with E-state index in [4.69, 9.17) is 0 Å². The molecule has 0 spiro atoms. The summed E-state index contributed by atoms with van der Waals surface area (Å²) in [5, 5.41) is 2.74. The third kappa shape index (κ3) is 2.78. The number of rotatable bonds is 3. The van der Waals surface area contributed by atoms with E-state index in [1.807, 2.05) is 6.92 Å². The first-order chi connectivity index (χ1) is 6.91. The van der Waals surface area contributed by atoms with Crippen molar-refractivity contribution in [2.45, 2.75) is 33.6 Å². The van der Waals surface area contributed by atoms with Gasteiger partial charge in [0.2, 0.25) is 5.91 Å². The normalized spacial score (nSPS) is 20.3. The number of nitrogens with one attached hydrogen (secondary N) is 1. The average Bonchev–Trinajstić information content (AvgIpc) is 2.46. The summed E-state index contributed by atoms with van der Waals surface area (Å²) in [6.45, 7) is 8.85. The molecular weight excluding hydrogens is 190 g/mol. The number of carbonyl (C=O) groups is 2. The smallest absolute Gasteiger partial charge is 0.221 e. The summed E-state index contributed by atoms with van der Waals surface area (Å²) in [5.41, 5.74) is 2.59. The quantitative estimate of drug-likeness (QED) is 0.719. The first kappa shape index (κ1) is 11.7. The summed E-state index contributed by atoms with van der Waals surface area (Å²) in [6.07, 6.45) is 1.43. The number of carbonyl (C=O) groups excluding carboxylic acids is 2. The van der Waals surface area contributed by atoms with Crippen LogP contribution >= 0.6 is 0 Å². The van der Waals surface area contributed by atoms with Crippen molar-refractivity contribution < 1.29 is 9.59 Å². The molecule has 0 radical (unpaired) electrons. The molecule has 0 fully saturated rings. The first-order valence-corrected chi connectivity index (χ1v) is 5.07. The summed E-state index contributed by atoms with van der Waals surface area (Å²) < 4.78 is 0. The van der Waals surface area contributed by atoms with E-state index in [-0.39, 0.29) is 11.7 Å². The van der Waals surface area contributed by atoms with Crippen LogP contribution in [0.15, 0.2) is 23.4 Å². The van der Waals surface area contributed by atoms with Crippen molar-refractivity contribution in [2.24, 2.45) is 5.92 Å². The van der Waals surface area contributed by atoms with E-state index in [1.54, 1.807) is 0 Å². The van der Waals surface area contributed by atoms with Gasteiger partial charge in [-0.3, -0.25) is 9.59 Å². The van der Waals surface area contributed by atoms with Gasteiger partial charge in [-0.05, 0) is 32.6 Å². The minimum Gasteiger partial charge on any atom is -0.330 e. The molecule has 0 aromatic rings. The van der Waals surface area contributed by atoms with Gasteiger partial charge in [-0.1, -0.05) is 12.2 Å². The highest BCUT2D eigenvalue weighted by atomic mass is 16.1. The molecule has 1 amide bonds. The van der Waals surface area contributed by atoms with Gasteiger partial charge in [0.15, 0.2) is 5.78 Å². The molecule has 0 aromatic carbocycles. The van der Waals surface area contributed by atoms with Gasteiger partial charge in [0.25, 0.3) is 0 Å². The minimum atomic E-state index is -0.119. The Hall–Kier alpha value is -1.38. The highest BCUT2D eigenvalue weighted by molar-refractivity contribution is 5.95. The predicted molar refractivity (Wildman–Crippen MR) is 59.1 cm³/mol. The second-order valence-corrected chi connectivity index (χ2v) is 4.15. The van der Waals surface area contributed by atoms with Crippen molar-refractivity contribution >= 4 is 11.7 Å². The monoisotopic (exact) mass is 207 g/mol. The molecule has 3 heteroatoms. The fraction of sp³-hybridized carbons (Fsp3) is 0.500. The van der Waals surface area contributed by atoms with E-state index in [2.05, 4.69) is 11.9 Å².